The van der Waals surface area contributed by atoms with Crippen LogP contribution in [-0.4, -0.2) is 31.8 Å². The highest BCUT2D eigenvalue weighted by atomic mass is 16.2. The number of benzene rings is 1. The predicted octanol–water partition coefficient (Wildman–Crippen LogP) is 0.884. The van der Waals surface area contributed by atoms with Crippen molar-refractivity contribution in [3.8, 4) is 5.69 Å². The molecule has 7 nitrogen and oxygen atoms in total. The lowest BCUT2D eigenvalue weighted by Crippen LogP contribution is -2.32. The summed E-state index contributed by atoms with van der Waals surface area (Å²) in [7, 11) is 0. The van der Waals surface area contributed by atoms with E-state index in [-0.39, 0.29) is 18.0 Å². The maximum atomic E-state index is 12.5. The number of amides is 1. The van der Waals surface area contributed by atoms with Gasteiger partial charge in [-0.3, -0.25) is 14.2 Å². The zero-order valence-corrected chi connectivity index (χ0v) is 12.3. The Morgan fingerprint density at radius 1 is 1.30 bits per heavy atom. The summed E-state index contributed by atoms with van der Waals surface area (Å²) < 4.78 is 2.86. The number of aromatic nitrogens is 4. The fourth-order valence-corrected chi connectivity index (χ4v) is 2.22. The Labute approximate surface area is 131 Å². The first-order valence-corrected chi connectivity index (χ1v) is 7.07. The van der Waals surface area contributed by atoms with Gasteiger partial charge in [-0.1, -0.05) is 24.3 Å². The van der Waals surface area contributed by atoms with Gasteiger partial charge in [-0.2, -0.15) is 5.10 Å². The first kappa shape index (κ1) is 14.7. The molecule has 0 aliphatic carbocycles. The molecule has 2 heterocycles. The van der Waals surface area contributed by atoms with Gasteiger partial charge in [0.05, 0.1) is 11.9 Å². The number of fused-ring (bicyclic) bond motifs is 1. The molecular formula is C16H15N5O2. The third-order valence-corrected chi connectivity index (χ3v) is 3.31. The normalized spacial score (nSPS) is 10.6. The van der Waals surface area contributed by atoms with Crippen LogP contribution in [0.15, 0.2) is 60.3 Å². The first-order chi connectivity index (χ1) is 11.2. The summed E-state index contributed by atoms with van der Waals surface area (Å²) in [6, 6.07) is 9.42. The monoisotopic (exact) mass is 309 g/mol. The average Bonchev–Trinajstić information content (AvgIpc) is 3.01. The Bertz CT molecular complexity index is 911. The molecule has 23 heavy (non-hydrogen) atoms. The van der Waals surface area contributed by atoms with Crippen molar-refractivity contribution in [3.63, 3.8) is 0 Å². The molecule has 116 valence electrons. The zero-order valence-electron chi connectivity index (χ0n) is 12.3. The number of para-hydroxylation sites is 1. The highest BCUT2D eigenvalue weighted by Gasteiger charge is 2.12. The van der Waals surface area contributed by atoms with E-state index in [1.165, 1.54) is 17.1 Å². The molecule has 0 aliphatic rings. The van der Waals surface area contributed by atoms with Crippen LogP contribution in [0, 0.1) is 0 Å². The number of hydrogen-bond donors (Lipinski definition) is 1. The van der Waals surface area contributed by atoms with Gasteiger partial charge in [-0.15, -0.1) is 6.58 Å². The lowest BCUT2D eigenvalue weighted by molar-refractivity contribution is -0.121. The highest BCUT2D eigenvalue weighted by Crippen LogP contribution is 2.12. The fourth-order valence-electron chi connectivity index (χ4n) is 2.22. The zero-order chi connectivity index (χ0) is 16.2. The topological polar surface area (TPSA) is 81.8 Å². The molecule has 7 heteroatoms. The van der Waals surface area contributed by atoms with E-state index in [0.29, 0.717) is 17.6 Å². The van der Waals surface area contributed by atoms with E-state index in [4.69, 9.17) is 0 Å². The minimum atomic E-state index is -0.300. The summed E-state index contributed by atoms with van der Waals surface area (Å²) in [5, 5.41) is 7.21. The van der Waals surface area contributed by atoms with E-state index in [1.807, 2.05) is 30.3 Å². The van der Waals surface area contributed by atoms with Crippen molar-refractivity contribution in [1.29, 1.82) is 0 Å². The molecule has 1 aromatic carbocycles. The number of nitrogens with one attached hydrogen (secondary N) is 1. The average molecular weight is 309 g/mol. The van der Waals surface area contributed by atoms with Gasteiger partial charge in [0.1, 0.15) is 18.3 Å². The molecule has 0 radical (unpaired) electrons. The largest absolute Gasteiger partial charge is 0.351 e. The third-order valence-electron chi connectivity index (χ3n) is 3.31. The van der Waals surface area contributed by atoms with E-state index < -0.39 is 0 Å². The second-order valence-electron chi connectivity index (χ2n) is 4.90. The molecule has 0 aliphatic heterocycles. The minimum Gasteiger partial charge on any atom is -0.351 e. The SMILES string of the molecule is C=CCNC(=O)Cn1cnc2c(cnn2-c2ccccc2)c1=O. The van der Waals surface area contributed by atoms with Crippen LogP contribution in [0.4, 0.5) is 0 Å². The van der Waals surface area contributed by atoms with Crippen LogP contribution in [0.2, 0.25) is 0 Å². The van der Waals surface area contributed by atoms with E-state index in [2.05, 4.69) is 22.0 Å². The Kier molecular flexibility index (Phi) is 4.01. The number of carbonyl (C=O) groups is 1. The van der Waals surface area contributed by atoms with Gasteiger partial charge in [-0.25, -0.2) is 9.67 Å². The van der Waals surface area contributed by atoms with Gasteiger partial charge in [0.2, 0.25) is 5.91 Å². The van der Waals surface area contributed by atoms with Gasteiger partial charge < -0.3 is 5.32 Å². The van der Waals surface area contributed by atoms with E-state index in [9.17, 15) is 9.59 Å². The van der Waals surface area contributed by atoms with E-state index in [0.717, 1.165) is 5.69 Å². The van der Waals surface area contributed by atoms with Gasteiger partial charge in [0, 0.05) is 6.54 Å². The summed E-state index contributed by atoms with van der Waals surface area (Å²) in [6.45, 7) is 3.79. The first-order valence-electron chi connectivity index (χ1n) is 7.07. The predicted molar refractivity (Wildman–Crippen MR) is 86.3 cm³/mol. The number of nitrogens with zero attached hydrogens (tertiary/aromatic N) is 4. The fraction of sp³-hybridized carbons (Fsp3) is 0.125. The summed E-state index contributed by atoms with van der Waals surface area (Å²) in [5.41, 5.74) is 0.978. The minimum absolute atomic E-state index is 0.0911. The molecule has 0 bridgehead atoms. The Hall–Kier alpha value is -3.22. The van der Waals surface area contributed by atoms with E-state index >= 15 is 0 Å². The van der Waals surface area contributed by atoms with Crippen LogP contribution >= 0.6 is 0 Å². The number of carbonyl (C=O) groups excluding carboxylic acids is 1. The quantitative estimate of drug-likeness (QED) is 0.710. The molecule has 0 atom stereocenters. The van der Waals surface area contributed by atoms with Gasteiger partial charge in [0.15, 0.2) is 5.65 Å². The number of rotatable bonds is 5. The molecule has 1 amide bonds. The van der Waals surface area contributed by atoms with Crippen molar-refractivity contribution in [2.45, 2.75) is 6.54 Å². The summed E-state index contributed by atoms with van der Waals surface area (Å²) >= 11 is 0. The lowest BCUT2D eigenvalue weighted by atomic mass is 10.3. The Morgan fingerprint density at radius 3 is 2.83 bits per heavy atom. The summed E-state index contributed by atoms with van der Waals surface area (Å²) in [5.74, 6) is -0.274. The summed E-state index contributed by atoms with van der Waals surface area (Å²) in [6.07, 6.45) is 4.40. The van der Waals surface area contributed by atoms with Crippen LogP contribution in [0.5, 0.6) is 0 Å². The van der Waals surface area contributed by atoms with Crippen molar-refractivity contribution < 1.29 is 4.79 Å². The van der Waals surface area contributed by atoms with Crippen molar-refractivity contribution in [1.82, 2.24) is 24.6 Å². The van der Waals surface area contributed by atoms with Crippen LogP contribution in [-0.2, 0) is 11.3 Å². The van der Waals surface area contributed by atoms with E-state index in [1.54, 1.807) is 10.8 Å². The molecular weight excluding hydrogens is 294 g/mol. The molecule has 3 rings (SSSR count). The molecule has 0 spiro atoms. The van der Waals surface area contributed by atoms with Gasteiger partial charge in [-0.05, 0) is 12.1 Å². The van der Waals surface area contributed by atoms with Crippen molar-refractivity contribution in [3.05, 3.63) is 65.9 Å². The van der Waals surface area contributed by atoms with Crippen LogP contribution < -0.4 is 10.9 Å². The molecule has 2 aromatic heterocycles. The van der Waals surface area contributed by atoms with Crippen LogP contribution in [0.25, 0.3) is 16.7 Å². The molecule has 1 N–H and O–H groups in total. The molecule has 0 saturated carbocycles. The highest BCUT2D eigenvalue weighted by molar-refractivity contribution is 5.77. The lowest BCUT2D eigenvalue weighted by Gasteiger charge is -2.06. The number of hydrogen-bond acceptors (Lipinski definition) is 4. The third kappa shape index (κ3) is 2.89. The Balaban J connectivity index is 1.97. The van der Waals surface area contributed by atoms with Crippen molar-refractivity contribution in [2.24, 2.45) is 0 Å². The van der Waals surface area contributed by atoms with Crippen molar-refractivity contribution >= 4 is 16.9 Å². The smallest absolute Gasteiger partial charge is 0.264 e. The van der Waals surface area contributed by atoms with Gasteiger partial charge >= 0.3 is 0 Å². The Morgan fingerprint density at radius 2 is 2.09 bits per heavy atom. The summed E-state index contributed by atoms with van der Waals surface area (Å²) in [4.78, 5) is 28.4. The molecule has 3 aromatic rings. The standard InChI is InChI=1S/C16H15N5O2/c1-2-8-17-14(22)10-20-11-18-15-13(16(20)23)9-19-21(15)12-6-4-3-5-7-12/h2-7,9,11H,1,8,10H2,(H,17,22). The van der Waals surface area contributed by atoms with Crippen LogP contribution in [0.3, 0.4) is 0 Å². The maximum Gasteiger partial charge on any atom is 0.264 e. The van der Waals surface area contributed by atoms with Gasteiger partial charge in [0.25, 0.3) is 5.56 Å². The molecule has 0 unspecified atom stereocenters. The van der Waals surface area contributed by atoms with Crippen molar-refractivity contribution in [2.75, 3.05) is 6.54 Å². The second-order valence-corrected chi connectivity index (χ2v) is 4.90. The molecule has 0 fully saturated rings. The molecule has 0 saturated heterocycles. The van der Waals surface area contributed by atoms with Crippen LogP contribution in [0.1, 0.15) is 0 Å². The maximum absolute atomic E-state index is 12.5. The second kappa shape index (κ2) is 6.27.